The number of alkyl halides is 3. The second-order valence-corrected chi connectivity index (χ2v) is 8.79. The van der Waals surface area contributed by atoms with Gasteiger partial charge in [-0.15, -0.1) is 0 Å². The molecule has 2 aromatic carbocycles. The van der Waals surface area contributed by atoms with Crippen LogP contribution < -0.4 is 5.56 Å². The van der Waals surface area contributed by atoms with Gasteiger partial charge in [-0.25, -0.2) is 4.98 Å². The van der Waals surface area contributed by atoms with Crippen molar-refractivity contribution in [1.82, 2.24) is 9.97 Å². The molecule has 4 rings (SSSR count). The summed E-state index contributed by atoms with van der Waals surface area (Å²) in [7, 11) is 0. The van der Waals surface area contributed by atoms with E-state index >= 15 is 0 Å². The Balaban J connectivity index is 1.57. The van der Waals surface area contributed by atoms with E-state index in [9.17, 15) is 22.8 Å². The molecule has 0 atom stereocenters. The fourth-order valence-corrected chi connectivity index (χ4v) is 4.45. The number of carbonyl (C=O) groups is 1. The van der Waals surface area contributed by atoms with Gasteiger partial charge in [0.2, 0.25) is 0 Å². The van der Waals surface area contributed by atoms with Crippen LogP contribution in [0.25, 0.3) is 11.4 Å². The summed E-state index contributed by atoms with van der Waals surface area (Å²) < 4.78 is 37.8. The maximum Gasteiger partial charge on any atom is 0.446 e. The largest absolute Gasteiger partial charge is 0.446 e. The molecule has 1 saturated carbocycles. The van der Waals surface area contributed by atoms with Gasteiger partial charge in [0.1, 0.15) is 11.5 Å². The van der Waals surface area contributed by atoms with Crippen molar-refractivity contribution in [2.45, 2.75) is 41.5 Å². The number of H-pyrrole nitrogens is 1. The van der Waals surface area contributed by atoms with Crippen LogP contribution >= 0.6 is 11.8 Å². The average molecular weight is 444 g/mol. The van der Waals surface area contributed by atoms with E-state index in [1.807, 2.05) is 18.2 Å². The second kappa shape index (κ2) is 8.34. The first kappa shape index (κ1) is 21.4. The van der Waals surface area contributed by atoms with Gasteiger partial charge >= 0.3 is 5.51 Å². The van der Waals surface area contributed by atoms with Crippen molar-refractivity contribution >= 4 is 17.5 Å². The summed E-state index contributed by atoms with van der Waals surface area (Å²) >= 11 is -0.158. The predicted octanol–water partition coefficient (Wildman–Crippen LogP) is 5.74. The molecule has 1 fully saturated rings. The Kier molecular flexibility index (Phi) is 5.75. The zero-order chi connectivity index (χ0) is 22.1. The summed E-state index contributed by atoms with van der Waals surface area (Å²) in [6.45, 7) is 0. The third-order valence-electron chi connectivity index (χ3n) is 5.58. The first-order valence-electron chi connectivity index (χ1n) is 9.80. The Morgan fingerprint density at radius 2 is 1.74 bits per heavy atom. The molecule has 4 nitrogen and oxygen atoms in total. The number of Topliss-reactive ketones (excluding diaryl/α,β-unsaturated/α-hetero) is 1. The highest BCUT2D eigenvalue weighted by Crippen LogP contribution is 2.47. The SMILES string of the molecule is O=C(CC1(c2ccc(SC(F)(F)F)cc2)CCC1)c1cc(=O)[nH]c(-c2ccccc2)n1. The lowest BCUT2D eigenvalue weighted by Gasteiger charge is -2.42. The minimum Gasteiger partial charge on any atom is -0.306 e. The number of benzene rings is 2. The van der Waals surface area contributed by atoms with E-state index in [4.69, 9.17) is 0 Å². The Labute approximate surface area is 180 Å². The van der Waals surface area contributed by atoms with Gasteiger partial charge in [0.25, 0.3) is 5.56 Å². The van der Waals surface area contributed by atoms with Crippen LogP contribution in [0, 0.1) is 0 Å². The summed E-state index contributed by atoms with van der Waals surface area (Å²) in [4.78, 5) is 32.3. The van der Waals surface area contributed by atoms with Crippen molar-refractivity contribution < 1.29 is 18.0 Å². The normalized spacial score (nSPS) is 15.3. The third kappa shape index (κ3) is 4.90. The number of nitrogens with zero attached hydrogens (tertiary/aromatic N) is 1. The van der Waals surface area contributed by atoms with Crippen LogP contribution in [0.15, 0.2) is 70.4 Å². The van der Waals surface area contributed by atoms with E-state index in [0.29, 0.717) is 11.4 Å². The maximum absolute atomic E-state index is 13.0. The fourth-order valence-electron chi connectivity index (χ4n) is 3.91. The first-order valence-corrected chi connectivity index (χ1v) is 10.6. The Hall–Kier alpha value is -2.87. The Morgan fingerprint density at radius 3 is 2.32 bits per heavy atom. The topological polar surface area (TPSA) is 62.8 Å². The van der Waals surface area contributed by atoms with Crippen molar-refractivity contribution in [2.24, 2.45) is 0 Å². The molecule has 1 aliphatic rings. The molecule has 1 N–H and O–H groups in total. The van der Waals surface area contributed by atoms with Crippen LogP contribution in [-0.2, 0) is 5.41 Å². The Morgan fingerprint density at radius 1 is 1.06 bits per heavy atom. The number of hydrogen-bond acceptors (Lipinski definition) is 4. The molecular formula is C23H19F3N2O2S. The lowest BCUT2D eigenvalue weighted by molar-refractivity contribution is -0.0328. The summed E-state index contributed by atoms with van der Waals surface area (Å²) in [6, 6.07) is 16.5. The van der Waals surface area contributed by atoms with Crippen LogP contribution in [0.5, 0.6) is 0 Å². The molecule has 31 heavy (non-hydrogen) atoms. The molecule has 1 aromatic heterocycles. The van der Waals surface area contributed by atoms with E-state index in [-0.39, 0.29) is 34.6 Å². The van der Waals surface area contributed by atoms with Gasteiger partial charge < -0.3 is 4.98 Å². The van der Waals surface area contributed by atoms with Crippen LogP contribution in [0.2, 0.25) is 0 Å². The lowest BCUT2D eigenvalue weighted by atomic mass is 9.62. The summed E-state index contributed by atoms with van der Waals surface area (Å²) in [5.74, 6) is 0.0735. The molecule has 1 heterocycles. The van der Waals surface area contributed by atoms with Gasteiger partial charge in [-0.1, -0.05) is 48.9 Å². The van der Waals surface area contributed by atoms with Crippen molar-refractivity contribution in [1.29, 1.82) is 0 Å². The molecule has 0 radical (unpaired) electrons. The number of carbonyl (C=O) groups excluding carboxylic acids is 1. The number of ketones is 1. The highest BCUT2D eigenvalue weighted by Gasteiger charge is 2.41. The average Bonchev–Trinajstić information content (AvgIpc) is 2.70. The molecule has 0 aliphatic heterocycles. The number of rotatable bonds is 6. The van der Waals surface area contributed by atoms with E-state index in [0.717, 1.165) is 24.8 Å². The number of nitrogens with one attached hydrogen (secondary N) is 1. The van der Waals surface area contributed by atoms with Crippen LogP contribution in [-0.4, -0.2) is 21.3 Å². The van der Waals surface area contributed by atoms with Crippen LogP contribution in [0.3, 0.4) is 0 Å². The van der Waals surface area contributed by atoms with E-state index in [2.05, 4.69) is 9.97 Å². The van der Waals surface area contributed by atoms with Gasteiger partial charge in [-0.2, -0.15) is 13.2 Å². The molecule has 0 unspecified atom stereocenters. The van der Waals surface area contributed by atoms with Gasteiger partial charge in [0.15, 0.2) is 5.78 Å². The van der Waals surface area contributed by atoms with E-state index in [1.165, 1.54) is 18.2 Å². The van der Waals surface area contributed by atoms with Gasteiger partial charge in [0, 0.05) is 28.4 Å². The predicted molar refractivity (Wildman–Crippen MR) is 113 cm³/mol. The lowest BCUT2D eigenvalue weighted by Crippen LogP contribution is -2.37. The number of aromatic nitrogens is 2. The molecule has 0 saturated heterocycles. The number of aromatic amines is 1. The monoisotopic (exact) mass is 444 g/mol. The minimum absolute atomic E-state index is 0.0955. The maximum atomic E-state index is 13.0. The number of hydrogen-bond donors (Lipinski definition) is 1. The van der Waals surface area contributed by atoms with Gasteiger partial charge in [-0.05, 0) is 42.3 Å². The van der Waals surface area contributed by atoms with Gasteiger partial charge in [0.05, 0.1) is 0 Å². The first-order chi connectivity index (χ1) is 14.7. The zero-order valence-corrected chi connectivity index (χ0v) is 17.2. The quantitative estimate of drug-likeness (QED) is 0.389. The molecule has 8 heteroatoms. The standard InChI is InChI=1S/C23H19F3N2O2S/c24-23(25,26)31-17-9-7-16(8-10-17)22(11-4-12-22)14-19(29)18-13-20(30)28-21(27-18)15-5-2-1-3-6-15/h1-3,5-10,13H,4,11-12,14H2,(H,27,28,30). The smallest absolute Gasteiger partial charge is 0.306 e. The summed E-state index contributed by atoms with van der Waals surface area (Å²) in [6.07, 6.45) is 2.62. The van der Waals surface area contributed by atoms with Crippen LogP contribution in [0.4, 0.5) is 13.2 Å². The molecule has 0 spiro atoms. The van der Waals surface area contributed by atoms with E-state index in [1.54, 1.807) is 24.3 Å². The van der Waals surface area contributed by atoms with Crippen LogP contribution in [0.1, 0.15) is 41.7 Å². The minimum atomic E-state index is -4.34. The molecule has 1 aliphatic carbocycles. The second-order valence-electron chi connectivity index (χ2n) is 7.65. The fraction of sp³-hybridized carbons (Fsp3) is 0.261. The highest BCUT2D eigenvalue weighted by atomic mass is 32.2. The van der Waals surface area contributed by atoms with Gasteiger partial charge in [-0.3, -0.25) is 9.59 Å². The van der Waals surface area contributed by atoms with Crippen molar-refractivity contribution in [3.8, 4) is 11.4 Å². The van der Waals surface area contributed by atoms with Crippen molar-refractivity contribution in [3.63, 3.8) is 0 Å². The summed E-state index contributed by atoms with van der Waals surface area (Å²) in [5.41, 5.74) is -3.55. The van der Waals surface area contributed by atoms with Crippen molar-refractivity contribution in [3.05, 3.63) is 82.3 Å². The molecular weight excluding hydrogens is 425 g/mol. The molecule has 0 amide bonds. The molecule has 160 valence electrons. The number of thioether (sulfide) groups is 1. The summed E-state index contributed by atoms with van der Waals surface area (Å²) in [5, 5.41) is 0. The zero-order valence-electron chi connectivity index (χ0n) is 16.4. The Bertz CT molecular complexity index is 1140. The highest BCUT2D eigenvalue weighted by molar-refractivity contribution is 8.00. The molecule has 0 bridgehead atoms. The van der Waals surface area contributed by atoms with E-state index < -0.39 is 16.5 Å². The third-order valence-corrected chi connectivity index (χ3v) is 6.32. The number of halogens is 3. The van der Waals surface area contributed by atoms with Crippen molar-refractivity contribution in [2.75, 3.05) is 0 Å². The molecule has 3 aromatic rings.